The Balaban J connectivity index is 1.86. The molecule has 0 spiro atoms. The zero-order valence-corrected chi connectivity index (χ0v) is 12.7. The lowest BCUT2D eigenvalue weighted by molar-refractivity contribution is 0.287. The molecule has 2 nitrogen and oxygen atoms in total. The molecule has 2 N–H and O–H groups in total. The quantitative estimate of drug-likeness (QED) is 0.779. The van der Waals surface area contributed by atoms with Crippen LogP contribution in [0.15, 0.2) is 42.5 Å². The lowest BCUT2D eigenvalue weighted by Gasteiger charge is -2.17. The Hall–Kier alpha value is -1.94. The molecule has 0 saturated carbocycles. The smallest absolute Gasteiger partial charge is 0.167 e. The van der Waals surface area contributed by atoms with Crippen LogP contribution in [0.3, 0.4) is 0 Å². The normalized spacial score (nSPS) is 12.2. The average Bonchev–Trinajstić information content (AvgIpc) is 2.50. The summed E-state index contributed by atoms with van der Waals surface area (Å²) >= 11 is 0. The summed E-state index contributed by atoms with van der Waals surface area (Å²) in [5.41, 5.74) is 8.34. The van der Waals surface area contributed by atoms with E-state index in [2.05, 4.69) is 19.1 Å². The van der Waals surface area contributed by atoms with Crippen molar-refractivity contribution >= 4 is 0 Å². The van der Waals surface area contributed by atoms with Gasteiger partial charge in [-0.05, 0) is 55.5 Å². The van der Waals surface area contributed by atoms with Gasteiger partial charge in [0.05, 0.1) is 6.61 Å². The molecule has 1 atom stereocenters. The summed E-state index contributed by atoms with van der Waals surface area (Å²) in [5.74, 6) is -0.925. The first-order valence-electron chi connectivity index (χ1n) is 7.45. The van der Waals surface area contributed by atoms with Gasteiger partial charge >= 0.3 is 0 Å². The fraction of sp³-hybridized carbons (Fsp3) is 0.333. The number of ether oxygens (including phenoxy) is 1. The molecule has 0 heterocycles. The molecule has 0 radical (unpaired) electrons. The van der Waals surface area contributed by atoms with Crippen molar-refractivity contribution in [3.8, 4) is 5.75 Å². The van der Waals surface area contributed by atoms with E-state index in [0.29, 0.717) is 13.2 Å². The summed E-state index contributed by atoms with van der Waals surface area (Å²) in [6, 6.07) is 11.5. The van der Waals surface area contributed by atoms with Crippen LogP contribution in [0, 0.1) is 18.6 Å². The zero-order chi connectivity index (χ0) is 15.9. The predicted octanol–water partition coefficient (Wildman–Crippen LogP) is 4.17. The van der Waals surface area contributed by atoms with Crippen molar-refractivity contribution in [2.45, 2.75) is 25.7 Å². The molecule has 2 aromatic rings. The monoisotopic (exact) mass is 305 g/mol. The number of aryl methyl sites for hydroxylation is 1. The first-order valence-corrected chi connectivity index (χ1v) is 7.45. The van der Waals surface area contributed by atoms with Crippen molar-refractivity contribution < 1.29 is 13.5 Å². The van der Waals surface area contributed by atoms with Gasteiger partial charge in [0.2, 0.25) is 0 Å². The van der Waals surface area contributed by atoms with E-state index in [9.17, 15) is 8.78 Å². The standard InChI is InChI=1S/C18H21F2NO/c1-13-5-2-3-7-16(13)14(12-21)6-4-10-22-18-9-8-15(19)11-17(18)20/h2-3,5,7-9,11,14H,4,6,10,12,21H2,1H3. The van der Waals surface area contributed by atoms with E-state index in [0.717, 1.165) is 18.9 Å². The Morgan fingerprint density at radius 3 is 2.59 bits per heavy atom. The van der Waals surface area contributed by atoms with Gasteiger partial charge in [0.15, 0.2) is 11.6 Å². The Bertz CT molecular complexity index is 616. The molecular formula is C18H21F2NO. The molecule has 0 aliphatic carbocycles. The number of halogens is 2. The van der Waals surface area contributed by atoms with Crippen LogP contribution in [0.25, 0.3) is 0 Å². The summed E-state index contributed by atoms with van der Waals surface area (Å²) < 4.78 is 31.6. The van der Waals surface area contributed by atoms with Crippen LogP contribution in [0.1, 0.15) is 29.9 Å². The topological polar surface area (TPSA) is 35.2 Å². The second kappa shape index (κ2) is 7.90. The van der Waals surface area contributed by atoms with Gasteiger partial charge in [-0.25, -0.2) is 8.78 Å². The van der Waals surface area contributed by atoms with Crippen molar-refractivity contribution in [3.63, 3.8) is 0 Å². The van der Waals surface area contributed by atoms with Crippen LogP contribution >= 0.6 is 0 Å². The minimum atomic E-state index is -0.672. The molecule has 1 unspecified atom stereocenters. The van der Waals surface area contributed by atoms with Gasteiger partial charge in [-0.3, -0.25) is 0 Å². The summed E-state index contributed by atoms with van der Waals surface area (Å²) in [6.45, 7) is 3.02. The third kappa shape index (κ3) is 4.28. The number of hydrogen-bond donors (Lipinski definition) is 1. The number of rotatable bonds is 7. The van der Waals surface area contributed by atoms with Crippen LogP contribution in [0.2, 0.25) is 0 Å². The fourth-order valence-electron chi connectivity index (χ4n) is 2.55. The number of nitrogens with two attached hydrogens (primary N) is 1. The maximum Gasteiger partial charge on any atom is 0.167 e. The summed E-state index contributed by atoms with van der Waals surface area (Å²) in [6.07, 6.45) is 1.62. The lowest BCUT2D eigenvalue weighted by Crippen LogP contribution is -2.14. The lowest BCUT2D eigenvalue weighted by atomic mass is 9.91. The highest BCUT2D eigenvalue weighted by Gasteiger charge is 2.12. The van der Waals surface area contributed by atoms with Crippen LogP contribution in [-0.2, 0) is 0 Å². The Labute approximate surface area is 129 Å². The molecule has 118 valence electrons. The highest BCUT2D eigenvalue weighted by atomic mass is 19.1. The second-order valence-corrected chi connectivity index (χ2v) is 5.35. The fourth-order valence-corrected chi connectivity index (χ4v) is 2.55. The predicted molar refractivity (Wildman–Crippen MR) is 84.1 cm³/mol. The molecule has 2 rings (SSSR count). The molecule has 0 aliphatic rings. The Morgan fingerprint density at radius 1 is 1.14 bits per heavy atom. The van der Waals surface area contributed by atoms with E-state index in [1.54, 1.807) is 0 Å². The molecule has 0 aromatic heterocycles. The van der Waals surface area contributed by atoms with Crippen molar-refractivity contribution in [2.24, 2.45) is 5.73 Å². The zero-order valence-electron chi connectivity index (χ0n) is 12.7. The van der Waals surface area contributed by atoms with E-state index in [1.165, 1.54) is 23.3 Å². The maximum atomic E-state index is 13.4. The second-order valence-electron chi connectivity index (χ2n) is 5.35. The Kier molecular flexibility index (Phi) is 5.90. The largest absolute Gasteiger partial charge is 0.491 e. The molecular weight excluding hydrogens is 284 g/mol. The van der Waals surface area contributed by atoms with Crippen LogP contribution in [-0.4, -0.2) is 13.2 Å². The number of hydrogen-bond acceptors (Lipinski definition) is 2. The molecule has 0 bridgehead atoms. The van der Waals surface area contributed by atoms with Crippen molar-refractivity contribution in [1.82, 2.24) is 0 Å². The molecule has 0 amide bonds. The van der Waals surface area contributed by atoms with E-state index in [4.69, 9.17) is 10.5 Å². The van der Waals surface area contributed by atoms with Gasteiger partial charge in [-0.2, -0.15) is 0 Å². The van der Waals surface area contributed by atoms with Gasteiger partial charge in [0, 0.05) is 6.07 Å². The number of benzene rings is 2. The molecule has 22 heavy (non-hydrogen) atoms. The van der Waals surface area contributed by atoms with Crippen LogP contribution in [0.4, 0.5) is 8.78 Å². The minimum Gasteiger partial charge on any atom is -0.491 e. The Morgan fingerprint density at radius 2 is 1.91 bits per heavy atom. The minimum absolute atomic E-state index is 0.0848. The van der Waals surface area contributed by atoms with E-state index >= 15 is 0 Å². The third-order valence-electron chi connectivity index (χ3n) is 3.76. The highest BCUT2D eigenvalue weighted by Crippen LogP contribution is 2.24. The first kappa shape index (κ1) is 16.4. The molecule has 0 aliphatic heterocycles. The van der Waals surface area contributed by atoms with Gasteiger partial charge in [-0.15, -0.1) is 0 Å². The van der Waals surface area contributed by atoms with Crippen molar-refractivity contribution in [2.75, 3.05) is 13.2 Å². The molecule has 2 aromatic carbocycles. The van der Waals surface area contributed by atoms with Crippen LogP contribution < -0.4 is 10.5 Å². The van der Waals surface area contributed by atoms with Crippen molar-refractivity contribution in [1.29, 1.82) is 0 Å². The van der Waals surface area contributed by atoms with Gasteiger partial charge < -0.3 is 10.5 Å². The van der Waals surface area contributed by atoms with Gasteiger partial charge in [0.1, 0.15) is 5.82 Å². The summed E-state index contributed by atoms with van der Waals surface area (Å²) in [5, 5.41) is 0. The van der Waals surface area contributed by atoms with E-state index in [-0.39, 0.29) is 11.7 Å². The third-order valence-corrected chi connectivity index (χ3v) is 3.76. The highest BCUT2D eigenvalue weighted by molar-refractivity contribution is 5.29. The van der Waals surface area contributed by atoms with Crippen molar-refractivity contribution in [3.05, 3.63) is 65.2 Å². The first-order chi connectivity index (χ1) is 10.6. The van der Waals surface area contributed by atoms with Gasteiger partial charge in [0.25, 0.3) is 0 Å². The van der Waals surface area contributed by atoms with Gasteiger partial charge in [-0.1, -0.05) is 24.3 Å². The van der Waals surface area contributed by atoms with E-state index < -0.39 is 11.6 Å². The summed E-state index contributed by atoms with van der Waals surface area (Å²) in [4.78, 5) is 0. The SMILES string of the molecule is Cc1ccccc1C(CN)CCCOc1ccc(F)cc1F. The molecule has 0 fully saturated rings. The molecule has 4 heteroatoms. The van der Waals surface area contributed by atoms with E-state index in [1.807, 2.05) is 12.1 Å². The molecule has 0 saturated heterocycles. The van der Waals surface area contributed by atoms with Crippen LogP contribution in [0.5, 0.6) is 5.75 Å². The summed E-state index contributed by atoms with van der Waals surface area (Å²) in [7, 11) is 0. The maximum absolute atomic E-state index is 13.4. The average molecular weight is 305 g/mol.